The van der Waals surface area contributed by atoms with E-state index in [1.54, 1.807) is 0 Å². The zero-order valence-electron chi connectivity index (χ0n) is 21.8. The highest BCUT2D eigenvalue weighted by molar-refractivity contribution is 7.26. The van der Waals surface area contributed by atoms with Gasteiger partial charge in [0.25, 0.3) is 0 Å². The molecule has 4 heteroatoms. The summed E-state index contributed by atoms with van der Waals surface area (Å²) in [6.45, 7) is 7.56. The molecule has 0 aliphatic heterocycles. The van der Waals surface area contributed by atoms with Crippen LogP contribution in [0, 0.1) is 6.57 Å². The molecular weight excluding hydrogens is 520 g/mol. The molecule has 41 heavy (non-hydrogen) atoms. The van der Waals surface area contributed by atoms with Crippen LogP contribution >= 0.6 is 11.3 Å². The molecule has 0 fully saturated rings. The van der Waals surface area contributed by atoms with Crippen molar-refractivity contribution in [2.75, 3.05) is 0 Å². The van der Waals surface area contributed by atoms with Crippen LogP contribution in [0.3, 0.4) is 0 Å². The first-order chi connectivity index (χ1) is 20.3. The van der Waals surface area contributed by atoms with Gasteiger partial charge in [-0.25, -0.2) is 4.85 Å². The molecule has 3 aromatic heterocycles. The largest absolute Gasteiger partial charge is 0.456 e. The maximum atomic E-state index is 7.56. The highest BCUT2D eigenvalue weighted by Gasteiger charge is 2.20. The number of para-hydroxylation sites is 2. The minimum absolute atomic E-state index is 0.658. The molecule has 0 N–H and O–H groups in total. The third-order valence-electron chi connectivity index (χ3n) is 8.22. The van der Waals surface area contributed by atoms with Gasteiger partial charge < -0.3 is 8.98 Å². The van der Waals surface area contributed by atoms with Crippen molar-refractivity contribution >= 4 is 80.9 Å². The monoisotopic (exact) mass is 540 g/mol. The molecule has 0 saturated heterocycles. The van der Waals surface area contributed by atoms with Crippen LogP contribution in [-0.4, -0.2) is 4.57 Å². The molecule has 3 nitrogen and oxygen atoms in total. The summed E-state index contributed by atoms with van der Waals surface area (Å²) >= 11 is 1.84. The molecule has 0 amide bonds. The molecule has 0 bridgehead atoms. The van der Waals surface area contributed by atoms with Gasteiger partial charge >= 0.3 is 0 Å². The van der Waals surface area contributed by atoms with Crippen molar-refractivity contribution in [2.24, 2.45) is 0 Å². The van der Waals surface area contributed by atoms with Gasteiger partial charge in [0.15, 0.2) is 5.69 Å². The van der Waals surface area contributed by atoms with Crippen molar-refractivity contribution in [1.82, 2.24) is 4.57 Å². The SMILES string of the molecule is [C-]#[N+]c1ccc2c(c1)c1ccccc1n2-c1cccc2c1sc1cccc(-c3cccc4oc5ccccc5c34)c12. The van der Waals surface area contributed by atoms with Gasteiger partial charge in [-0.2, -0.15) is 0 Å². The summed E-state index contributed by atoms with van der Waals surface area (Å²) in [6, 6.07) is 42.4. The summed E-state index contributed by atoms with van der Waals surface area (Å²) in [4.78, 5) is 3.70. The van der Waals surface area contributed by atoms with Crippen molar-refractivity contribution in [3.63, 3.8) is 0 Å². The van der Waals surface area contributed by atoms with Crippen LogP contribution in [0.5, 0.6) is 0 Å². The molecule has 3 heterocycles. The number of rotatable bonds is 2. The minimum atomic E-state index is 0.658. The first-order valence-corrected chi connectivity index (χ1v) is 14.4. The maximum absolute atomic E-state index is 7.56. The van der Waals surface area contributed by atoms with Crippen molar-refractivity contribution < 1.29 is 4.42 Å². The Morgan fingerprint density at radius 2 is 1.29 bits per heavy atom. The van der Waals surface area contributed by atoms with Crippen LogP contribution in [0.4, 0.5) is 5.69 Å². The van der Waals surface area contributed by atoms with Crippen molar-refractivity contribution in [3.8, 4) is 16.8 Å². The minimum Gasteiger partial charge on any atom is -0.456 e. The lowest BCUT2D eigenvalue weighted by atomic mass is 9.95. The van der Waals surface area contributed by atoms with E-state index < -0.39 is 0 Å². The van der Waals surface area contributed by atoms with Crippen molar-refractivity contribution in [1.29, 1.82) is 0 Å². The number of benzene rings is 6. The van der Waals surface area contributed by atoms with E-state index in [1.165, 1.54) is 31.3 Å². The lowest BCUT2D eigenvalue weighted by molar-refractivity contribution is 0.669. The Morgan fingerprint density at radius 1 is 0.585 bits per heavy atom. The van der Waals surface area contributed by atoms with Crippen LogP contribution in [0.1, 0.15) is 0 Å². The summed E-state index contributed by atoms with van der Waals surface area (Å²) in [7, 11) is 0. The summed E-state index contributed by atoms with van der Waals surface area (Å²) in [5.74, 6) is 0. The van der Waals surface area contributed by atoms with E-state index in [0.717, 1.165) is 49.4 Å². The predicted molar refractivity (Wildman–Crippen MR) is 173 cm³/mol. The molecule has 0 saturated carbocycles. The Bertz CT molecular complexity index is 2560. The van der Waals surface area contributed by atoms with E-state index in [1.807, 2.05) is 35.6 Å². The fraction of sp³-hybridized carbons (Fsp3) is 0. The Labute approximate surface area is 238 Å². The smallest absolute Gasteiger partial charge is 0.188 e. The molecule has 0 atom stereocenters. The molecule has 9 aromatic rings. The Hall–Kier alpha value is -5.37. The van der Waals surface area contributed by atoms with E-state index in [0.29, 0.717) is 5.69 Å². The molecule has 0 unspecified atom stereocenters. The van der Waals surface area contributed by atoms with Crippen LogP contribution in [0.25, 0.3) is 85.6 Å². The van der Waals surface area contributed by atoms with Gasteiger partial charge in [0.05, 0.1) is 28.0 Å². The molecule has 6 aromatic carbocycles. The maximum Gasteiger partial charge on any atom is 0.188 e. The third kappa shape index (κ3) is 3.07. The first kappa shape index (κ1) is 22.4. The van der Waals surface area contributed by atoms with Crippen LogP contribution in [-0.2, 0) is 0 Å². The third-order valence-corrected chi connectivity index (χ3v) is 9.41. The van der Waals surface area contributed by atoms with Gasteiger partial charge in [0.2, 0.25) is 0 Å². The van der Waals surface area contributed by atoms with E-state index in [2.05, 4.69) is 106 Å². The van der Waals surface area contributed by atoms with Crippen LogP contribution in [0.15, 0.2) is 126 Å². The highest BCUT2D eigenvalue weighted by Crippen LogP contribution is 2.46. The summed E-state index contributed by atoms with van der Waals surface area (Å²) < 4.78 is 11.1. The second-order valence-electron chi connectivity index (χ2n) is 10.4. The standard InChI is InChI=1S/C37H20N2OS/c1-38-22-19-20-30-28(21-22)23-9-2-4-14-29(23)39(30)31-15-6-13-27-36-25(12-8-18-34(36)41-37(27)31)24-11-7-17-33-35(24)26-10-3-5-16-32(26)40-33/h2-21H. The van der Waals surface area contributed by atoms with Crippen LogP contribution in [0.2, 0.25) is 0 Å². The Balaban J connectivity index is 1.38. The highest BCUT2D eigenvalue weighted by atomic mass is 32.1. The van der Waals surface area contributed by atoms with Crippen molar-refractivity contribution in [2.45, 2.75) is 0 Å². The Kier molecular flexibility index (Phi) is 4.55. The van der Waals surface area contributed by atoms with Gasteiger partial charge in [-0.05, 0) is 59.0 Å². The van der Waals surface area contributed by atoms with Gasteiger partial charge in [0, 0.05) is 31.6 Å². The number of hydrogen-bond donors (Lipinski definition) is 0. The number of hydrogen-bond acceptors (Lipinski definition) is 2. The fourth-order valence-corrected chi connectivity index (χ4v) is 7.75. The predicted octanol–water partition coefficient (Wildman–Crippen LogP) is 11.3. The average molecular weight is 541 g/mol. The number of nitrogens with zero attached hydrogens (tertiary/aromatic N) is 2. The van der Waals surface area contributed by atoms with Gasteiger partial charge in [-0.3, -0.25) is 0 Å². The summed E-state index contributed by atoms with van der Waals surface area (Å²) in [5, 5.41) is 7.06. The average Bonchev–Trinajstić information content (AvgIpc) is 3.70. The molecule has 0 aliphatic rings. The zero-order chi connectivity index (χ0) is 27.1. The Morgan fingerprint density at radius 3 is 2.20 bits per heavy atom. The molecular formula is C37H20N2OS. The molecule has 9 rings (SSSR count). The van der Waals surface area contributed by atoms with Crippen LogP contribution < -0.4 is 0 Å². The van der Waals surface area contributed by atoms with Gasteiger partial charge in [0.1, 0.15) is 11.2 Å². The van der Waals surface area contributed by atoms with E-state index in [4.69, 9.17) is 11.0 Å². The second kappa shape index (κ2) is 8.32. The number of furan rings is 1. The summed E-state index contributed by atoms with van der Waals surface area (Å²) in [6.07, 6.45) is 0. The zero-order valence-corrected chi connectivity index (χ0v) is 22.6. The quantitative estimate of drug-likeness (QED) is 0.200. The summed E-state index contributed by atoms with van der Waals surface area (Å²) in [5.41, 5.74) is 8.29. The first-order valence-electron chi connectivity index (χ1n) is 13.6. The lowest BCUT2D eigenvalue weighted by Gasteiger charge is -2.10. The molecule has 0 radical (unpaired) electrons. The lowest BCUT2D eigenvalue weighted by Crippen LogP contribution is -1.93. The molecule has 0 aliphatic carbocycles. The topological polar surface area (TPSA) is 22.4 Å². The van der Waals surface area contributed by atoms with Gasteiger partial charge in [-0.15, -0.1) is 11.3 Å². The number of aromatic nitrogens is 1. The number of fused-ring (bicyclic) bond motifs is 9. The molecule has 0 spiro atoms. The normalized spacial score (nSPS) is 11.9. The van der Waals surface area contributed by atoms with Gasteiger partial charge in [-0.1, -0.05) is 78.9 Å². The van der Waals surface area contributed by atoms with Crippen molar-refractivity contribution in [3.05, 3.63) is 133 Å². The van der Waals surface area contributed by atoms with E-state index in [9.17, 15) is 0 Å². The second-order valence-corrected chi connectivity index (χ2v) is 11.4. The van der Waals surface area contributed by atoms with E-state index in [-0.39, 0.29) is 0 Å². The molecule has 190 valence electrons. The number of thiophene rings is 1. The van der Waals surface area contributed by atoms with E-state index >= 15 is 0 Å². The fourth-order valence-electron chi connectivity index (χ4n) is 6.52.